The van der Waals surface area contributed by atoms with Gasteiger partial charge in [-0.2, -0.15) is 0 Å². The molecule has 0 atom stereocenters. The molecule has 0 aliphatic heterocycles. The van der Waals surface area contributed by atoms with Gasteiger partial charge in [-0.05, 0) is 42.1 Å². The van der Waals surface area contributed by atoms with Gasteiger partial charge in [-0.15, -0.1) is 0 Å². The highest BCUT2D eigenvalue weighted by Crippen LogP contribution is 2.31. The summed E-state index contributed by atoms with van der Waals surface area (Å²) >= 11 is 6.19. The van der Waals surface area contributed by atoms with E-state index in [9.17, 15) is 0 Å². The van der Waals surface area contributed by atoms with Gasteiger partial charge >= 0.3 is 0 Å². The van der Waals surface area contributed by atoms with E-state index in [1.165, 1.54) is 0 Å². The Labute approximate surface area is 96.4 Å². The van der Waals surface area contributed by atoms with Crippen LogP contribution in [0.15, 0.2) is 12.1 Å². The zero-order valence-electron chi connectivity index (χ0n) is 9.51. The third kappa shape index (κ3) is 2.86. The summed E-state index contributed by atoms with van der Waals surface area (Å²) in [6.07, 6.45) is 0.793. The highest BCUT2D eigenvalue weighted by molar-refractivity contribution is 6.31. The van der Waals surface area contributed by atoms with Crippen LogP contribution in [-0.4, -0.2) is 13.7 Å². The van der Waals surface area contributed by atoms with Crippen molar-refractivity contribution in [3.05, 3.63) is 28.3 Å². The van der Waals surface area contributed by atoms with E-state index in [4.69, 9.17) is 22.1 Å². The average Bonchev–Trinajstić information content (AvgIpc) is 2.18. The minimum Gasteiger partial charge on any atom is -0.496 e. The van der Waals surface area contributed by atoms with Crippen molar-refractivity contribution in [3.8, 4) is 5.75 Å². The van der Waals surface area contributed by atoms with Gasteiger partial charge in [0, 0.05) is 5.02 Å². The number of ether oxygens (including phenoxy) is 1. The maximum Gasteiger partial charge on any atom is 0.122 e. The van der Waals surface area contributed by atoms with E-state index in [2.05, 4.69) is 13.8 Å². The van der Waals surface area contributed by atoms with E-state index < -0.39 is 0 Å². The Morgan fingerprint density at radius 3 is 2.53 bits per heavy atom. The van der Waals surface area contributed by atoms with Crippen molar-refractivity contribution in [2.45, 2.75) is 26.2 Å². The van der Waals surface area contributed by atoms with E-state index >= 15 is 0 Å². The van der Waals surface area contributed by atoms with Crippen LogP contribution in [0.2, 0.25) is 5.02 Å². The van der Waals surface area contributed by atoms with Crippen LogP contribution in [0, 0.1) is 0 Å². The fourth-order valence-electron chi connectivity index (χ4n) is 1.59. The van der Waals surface area contributed by atoms with Crippen molar-refractivity contribution >= 4 is 11.6 Å². The Kier molecular flexibility index (Phi) is 4.43. The summed E-state index contributed by atoms with van der Waals surface area (Å²) in [4.78, 5) is 0. The Morgan fingerprint density at radius 1 is 1.40 bits per heavy atom. The Morgan fingerprint density at radius 2 is 2.07 bits per heavy atom. The van der Waals surface area contributed by atoms with Gasteiger partial charge in [-0.25, -0.2) is 0 Å². The van der Waals surface area contributed by atoms with Crippen LogP contribution in [0.5, 0.6) is 5.75 Å². The second-order valence-corrected chi connectivity index (χ2v) is 4.29. The van der Waals surface area contributed by atoms with Gasteiger partial charge in [0.15, 0.2) is 0 Å². The van der Waals surface area contributed by atoms with Crippen LogP contribution in [0.4, 0.5) is 0 Å². The number of hydrogen-bond donors (Lipinski definition) is 1. The molecule has 0 spiro atoms. The molecule has 0 aliphatic rings. The molecule has 1 aromatic rings. The predicted molar refractivity (Wildman–Crippen MR) is 64.9 cm³/mol. The summed E-state index contributed by atoms with van der Waals surface area (Å²) in [7, 11) is 1.67. The van der Waals surface area contributed by atoms with Crippen LogP contribution < -0.4 is 10.5 Å². The molecule has 2 N–H and O–H groups in total. The lowest BCUT2D eigenvalue weighted by Gasteiger charge is -2.14. The predicted octanol–water partition coefficient (Wildman–Crippen LogP) is 2.97. The molecule has 0 radical (unpaired) electrons. The molecular weight excluding hydrogens is 210 g/mol. The molecule has 0 aliphatic carbocycles. The third-order valence-electron chi connectivity index (χ3n) is 2.44. The molecule has 2 nitrogen and oxygen atoms in total. The smallest absolute Gasteiger partial charge is 0.122 e. The first kappa shape index (κ1) is 12.3. The first-order valence-corrected chi connectivity index (χ1v) is 5.54. The highest BCUT2D eigenvalue weighted by atomic mass is 35.5. The van der Waals surface area contributed by atoms with Crippen molar-refractivity contribution in [1.29, 1.82) is 0 Å². The molecule has 0 amide bonds. The molecule has 0 aromatic heterocycles. The van der Waals surface area contributed by atoms with Crippen LogP contribution in [0.1, 0.15) is 30.9 Å². The van der Waals surface area contributed by atoms with Crippen LogP contribution in [0.3, 0.4) is 0 Å². The summed E-state index contributed by atoms with van der Waals surface area (Å²) in [5.41, 5.74) is 7.73. The lowest BCUT2D eigenvalue weighted by molar-refractivity contribution is 0.409. The van der Waals surface area contributed by atoms with Crippen molar-refractivity contribution < 1.29 is 4.74 Å². The van der Waals surface area contributed by atoms with Gasteiger partial charge in [-0.1, -0.05) is 25.4 Å². The molecule has 0 saturated carbocycles. The number of benzene rings is 1. The number of nitrogens with two attached hydrogens (primary N) is 1. The molecule has 0 unspecified atom stereocenters. The molecule has 0 fully saturated rings. The fourth-order valence-corrected chi connectivity index (χ4v) is 2.00. The summed E-state index contributed by atoms with van der Waals surface area (Å²) in [6.45, 7) is 4.83. The summed E-state index contributed by atoms with van der Waals surface area (Å²) in [6, 6.07) is 3.97. The first-order valence-electron chi connectivity index (χ1n) is 5.16. The topological polar surface area (TPSA) is 35.2 Å². The van der Waals surface area contributed by atoms with E-state index in [0.29, 0.717) is 12.5 Å². The van der Waals surface area contributed by atoms with Crippen LogP contribution >= 0.6 is 11.6 Å². The van der Waals surface area contributed by atoms with Crippen molar-refractivity contribution in [3.63, 3.8) is 0 Å². The highest BCUT2D eigenvalue weighted by Gasteiger charge is 2.11. The normalized spacial score (nSPS) is 10.8. The molecule has 1 aromatic carbocycles. The number of hydrogen-bond acceptors (Lipinski definition) is 2. The fraction of sp³-hybridized carbons (Fsp3) is 0.500. The number of rotatable bonds is 4. The molecule has 0 bridgehead atoms. The Bertz CT molecular complexity index is 337. The molecule has 84 valence electrons. The lowest BCUT2D eigenvalue weighted by atomic mass is 9.99. The number of halogens is 1. The molecular formula is C12H18ClNO. The molecule has 0 saturated heterocycles. The Balaban J connectivity index is 3.16. The van der Waals surface area contributed by atoms with Gasteiger partial charge in [-0.3, -0.25) is 0 Å². The first-order chi connectivity index (χ1) is 7.10. The third-order valence-corrected chi connectivity index (χ3v) is 2.76. The minimum atomic E-state index is 0.401. The largest absolute Gasteiger partial charge is 0.496 e. The van der Waals surface area contributed by atoms with E-state index in [1.54, 1.807) is 7.11 Å². The zero-order valence-corrected chi connectivity index (χ0v) is 10.3. The SMILES string of the molecule is COc1cc(C(C)C)c(Cl)cc1CCN. The van der Waals surface area contributed by atoms with E-state index in [0.717, 1.165) is 28.3 Å². The maximum atomic E-state index is 6.19. The lowest BCUT2D eigenvalue weighted by Crippen LogP contribution is -2.05. The standard InChI is InChI=1S/C12H18ClNO/c1-8(2)10-7-12(15-3)9(4-5-14)6-11(10)13/h6-8H,4-5,14H2,1-3H3. The van der Waals surface area contributed by atoms with Crippen molar-refractivity contribution in [1.82, 2.24) is 0 Å². The minimum absolute atomic E-state index is 0.401. The summed E-state index contributed by atoms with van der Waals surface area (Å²) < 4.78 is 5.33. The van der Waals surface area contributed by atoms with Gasteiger partial charge in [0.2, 0.25) is 0 Å². The number of methoxy groups -OCH3 is 1. The second-order valence-electron chi connectivity index (χ2n) is 3.88. The van der Waals surface area contributed by atoms with Gasteiger partial charge in [0.1, 0.15) is 5.75 Å². The molecule has 1 rings (SSSR count). The van der Waals surface area contributed by atoms with Crippen molar-refractivity contribution in [2.75, 3.05) is 13.7 Å². The monoisotopic (exact) mass is 227 g/mol. The zero-order chi connectivity index (χ0) is 11.4. The average molecular weight is 228 g/mol. The Hall–Kier alpha value is -0.730. The van der Waals surface area contributed by atoms with Crippen molar-refractivity contribution in [2.24, 2.45) is 5.73 Å². The summed E-state index contributed by atoms with van der Waals surface area (Å²) in [5.74, 6) is 1.28. The summed E-state index contributed by atoms with van der Waals surface area (Å²) in [5, 5.41) is 0.800. The quantitative estimate of drug-likeness (QED) is 0.859. The van der Waals surface area contributed by atoms with E-state index in [1.807, 2.05) is 12.1 Å². The van der Waals surface area contributed by atoms with Crippen LogP contribution in [-0.2, 0) is 6.42 Å². The molecule has 15 heavy (non-hydrogen) atoms. The van der Waals surface area contributed by atoms with Gasteiger partial charge in [0.25, 0.3) is 0 Å². The molecule has 3 heteroatoms. The second kappa shape index (κ2) is 5.38. The van der Waals surface area contributed by atoms with Gasteiger partial charge in [0.05, 0.1) is 7.11 Å². The van der Waals surface area contributed by atoms with Crippen LogP contribution in [0.25, 0.3) is 0 Å². The van der Waals surface area contributed by atoms with Gasteiger partial charge < -0.3 is 10.5 Å². The van der Waals surface area contributed by atoms with E-state index in [-0.39, 0.29) is 0 Å². The maximum absolute atomic E-state index is 6.19. The molecule has 0 heterocycles.